The molecule has 1 heterocycles. The van der Waals surface area contributed by atoms with Crippen LogP contribution in [0.3, 0.4) is 0 Å². The number of benzene rings is 1. The summed E-state index contributed by atoms with van der Waals surface area (Å²) in [5, 5.41) is 12.3. The lowest BCUT2D eigenvalue weighted by molar-refractivity contribution is 0.176. The summed E-state index contributed by atoms with van der Waals surface area (Å²) in [7, 11) is 0. The van der Waals surface area contributed by atoms with Crippen molar-refractivity contribution in [1.82, 2.24) is 4.90 Å². The van der Waals surface area contributed by atoms with Crippen LogP contribution in [-0.2, 0) is 0 Å². The summed E-state index contributed by atoms with van der Waals surface area (Å²) in [6.45, 7) is 5.70. The van der Waals surface area contributed by atoms with Gasteiger partial charge in [0.1, 0.15) is 5.75 Å². The van der Waals surface area contributed by atoms with E-state index in [1.165, 1.54) is 0 Å². The largest absolute Gasteiger partial charge is 0.494 e. The van der Waals surface area contributed by atoms with Crippen LogP contribution in [0.1, 0.15) is 25.3 Å². The molecule has 1 aliphatic heterocycles. The Morgan fingerprint density at radius 2 is 2.35 bits per heavy atom. The number of ether oxygens (including phenoxy) is 1. The highest BCUT2D eigenvalue weighted by atomic mass is 16.5. The van der Waals surface area contributed by atoms with Gasteiger partial charge in [0.25, 0.3) is 0 Å². The van der Waals surface area contributed by atoms with Gasteiger partial charge in [-0.15, -0.1) is 0 Å². The van der Waals surface area contributed by atoms with Gasteiger partial charge in [-0.1, -0.05) is 6.92 Å². The van der Waals surface area contributed by atoms with Gasteiger partial charge in [0.2, 0.25) is 0 Å². The normalized spacial score (nSPS) is 18.1. The van der Waals surface area contributed by atoms with E-state index >= 15 is 0 Å². The van der Waals surface area contributed by atoms with Crippen LogP contribution in [0.25, 0.3) is 0 Å². The molecule has 1 atom stereocenters. The first kappa shape index (κ1) is 14.7. The number of likely N-dealkylation sites (tertiary alicyclic amines) is 1. The summed E-state index contributed by atoms with van der Waals surface area (Å²) in [4.78, 5) is 13.7. The monoisotopic (exact) mass is 278 g/mol. The Hall–Kier alpha value is -1.75. The summed E-state index contributed by atoms with van der Waals surface area (Å²) < 4.78 is 5.55. The first-order valence-corrected chi connectivity index (χ1v) is 7.07. The molecule has 5 nitrogen and oxygen atoms in total. The topological polar surface area (TPSA) is 61.8 Å². The Balaban J connectivity index is 1.97. The summed E-state index contributed by atoms with van der Waals surface area (Å²) in [5.41, 5.74) is 1.74. The number of anilines is 1. The maximum absolute atomic E-state index is 12.0. The number of aliphatic hydroxyl groups is 1. The van der Waals surface area contributed by atoms with E-state index in [4.69, 9.17) is 4.74 Å². The zero-order valence-corrected chi connectivity index (χ0v) is 12.1. The average Bonchev–Trinajstić information content (AvgIpc) is 2.86. The molecule has 20 heavy (non-hydrogen) atoms. The third kappa shape index (κ3) is 3.63. The summed E-state index contributed by atoms with van der Waals surface area (Å²) in [5.74, 6) is 0.818. The molecule has 0 bridgehead atoms. The number of carbonyl (C=O) groups excluding carboxylic acids is 1. The second-order valence-electron chi connectivity index (χ2n) is 5.14. The predicted molar refractivity (Wildman–Crippen MR) is 78.2 cm³/mol. The van der Waals surface area contributed by atoms with Gasteiger partial charge in [0.15, 0.2) is 0 Å². The highest BCUT2D eigenvalue weighted by Gasteiger charge is 2.24. The van der Waals surface area contributed by atoms with E-state index in [0.717, 1.165) is 23.4 Å². The number of hydrogen-bond acceptors (Lipinski definition) is 3. The fourth-order valence-electron chi connectivity index (χ4n) is 2.21. The van der Waals surface area contributed by atoms with Crippen molar-refractivity contribution in [2.45, 2.75) is 32.8 Å². The Morgan fingerprint density at radius 1 is 1.55 bits per heavy atom. The number of aryl methyl sites for hydroxylation is 1. The lowest BCUT2D eigenvalue weighted by Crippen LogP contribution is -2.33. The van der Waals surface area contributed by atoms with Crippen molar-refractivity contribution in [3.05, 3.63) is 23.8 Å². The molecule has 0 radical (unpaired) electrons. The highest BCUT2D eigenvalue weighted by molar-refractivity contribution is 5.90. The molecule has 2 amide bonds. The first-order valence-electron chi connectivity index (χ1n) is 7.07. The molecule has 0 aliphatic carbocycles. The molecule has 1 fully saturated rings. The SMILES string of the molecule is CCCOc1ccc(NC(=O)N2CC[C@H](O)C2)c(C)c1. The van der Waals surface area contributed by atoms with Crippen molar-refractivity contribution in [3.8, 4) is 5.75 Å². The zero-order valence-electron chi connectivity index (χ0n) is 12.1. The molecule has 0 aromatic heterocycles. The van der Waals surface area contributed by atoms with E-state index in [1.807, 2.05) is 25.1 Å². The smallest absolute Gasteiger partial charge is 0.321 e. The molecular formula is C15H22N2O3. The Bertz CT molecular complexity index is 476. The van der Waals surface area contributed by atoms with E-state index < -0.39 is 6.10 Å². The van der Waals surface area contributed by atoms with Gasteiger partial charge in [0.05, 0.1) is 12.7 Å². The molecule has 0 saturated carbocycles. The molecule has 2 N–H and O–H groups in total. The third-order valence-electron chi connectivity index (χ3n) is 3.36. The zero-order chi connectivity index (χ0) is 14.5. The van der Waals surface area contributed by atoms with Crippen molar-refractivity contribution in [2.75, 3.05) is 25.0 Å². The van der Waals surface area contributed by atoms with E-state index in [2.05, 4.69) is 12.2 Å². The van der Waals surface area contributed by atoms with Gasteiger partial charge in [-0.3, -0.25) is 0 Å². The highest BCUT2D eigenvalue weighted by Crippen LogP contribution is 2.22. The number of hydrogen-bond donors (Lipinski definition) is 2. The van der Waals surface area contributed by atoms with Crippen molar-refractivity contribution in [2.24, 2.45) is 0 Å². The molecule has 1 aromatic carbocycles. The van der Waals surface area contributed by atoms with Gasteiger partial charge in [-0.25, -0.2) is 4.79 Å². The fourth-order valence-corrected chi connectivity index (χ4v) is 2.21. The minimum Gasteiger partial charge on any atom is -0.494 e. The van der Waals surface area contributed by atoms with Crippen molar-refractivity contribution >= 4 is 11.7 Å². The van der Waals surface area contributed by atoms with Crippen LogP contribution in [0.15, 0.2) is 18.2 Å². The molecule has 1 saturated heterocycles. The number of amides is 2. The summed E-state index contributed by atoms with van der Waals surface area (Å²) in [6, 6.07) is 5.47. The van der Waals surface area contributed by atoms with Crippen LogP contribution < -0.4 is 10.1 Å². The number of aliphatic hydroxyl groups excluding tert-OH is 1. The lowest BCUT2D eigenvalue weighted by Gasteiger charge is -2.18. The van der Waals surface area contributed by atoms with Crippen LogP contribution in [-0.4, -0.2) is 41.8 Å². The molecule has 1 aliphatic rings. The molecule has 110 valence electrons. The van der Waals surface area contributed by atoms with Crippen LogP contribution >= 0.6 is 0 Å². The summed E-state index contributed by atoms with van der Waals surface area (Å²) in [6.07, 6.45) is 1.22. The minimum atomic E-state index is -0.397. The maximum atomic E-state index is 12.0. The number of nitrogens with one attached hydrogen (secondary N) is 1. The van der Waals surface area contributed by atoms with Crippen LogP contribution in [0, 0.1) is 6.92 Å². The molecule has 5 heteroatoms. The van der Waals surface area contributed by atoms with Gasteiger partial charge in [0, 0.05) is 18.8 Å². The van der Waals surface area contributed by atoms with Gasteiger partial charge >= 0.3 is 6.03 Å². The quantitative estimate of drug-likeness (QED) is 0.889. The number of β-amino-alcohol motifs (C(OH)–C–C–N with tert-alkyl or cyclic N) is 1. The van der Waals surface area contributed by atoms with Crippen molar-refractivity contribution in [3.63, 3.8) is 0 Å². The molecule has 1 aromatic rings. The van der Waals surface area contributed by atoms with Crippen molar-refractivity contribution in [1.29, 1.82) is 0 Å². The van der Waals surface area contributed by atoms with Gasteiger partial charge in [-0.2, -0.15) is 0 Å². The lowest BCUT2D eigenvalue weighted by atomic mass is 10.2. The van der Waals surface area contributed by atoms with Crippen LogP contribution in [0.5, 0.6) is 5.75 Å². The Morgan fingerprint density at radius 3 is 2.95 bits per heavy atom. The van der Waals surface area contributed by atoms with Crippen molar-refractivity contribution < 1.29 is 14.6 Å². The van der Waals surface area contributed by atoms with E-state index in [1.54, 1.807) is 4.90 Å². The van der Waals surface area contributed by atoms with E-state index in [9.17, 15) is 9.90 Å². The van der Waals surface area contributed by atoms with E-state index in [-0.39, 0.29) is 6.03 Å². The molecular weight excluding hydrogens is 256 g/mol. The second kappa shape index (κ2) is 6.61. The predicted octanol–water partition coefficient (Wildman–Crippen LogP) is 2.38. The van der Waals surface area contributed by atoms with E-state index in [0.29, 0.717) is 26.1 Å². The Kier molecular flexibility index (Phi) is 4.84. The maximum Gasteiger partial charge on any atom is 0.321 e. The average molecular weight is 278 g/mol. The fraction of sp³-hybridized carbons (Fsp3) is 0.533. The molecule has 2 rings (SSSR count). The minimum absolute atomic E-state index is 0.160. The molecule has 0 spiro atoms. The van der Waals surface area contributed by atoms with Gasteiger partial charge in [-0.05, 0) is 43.5 Å². The number of carbonyl (C=O) groups is 1. The standard InChI is InChI=1S/C15H22N2O3/c1-3-8-20-13-4-5-14(11(2)9-13)16-15(19)17-7-6-12(18)10-17/h4-5,9,12,18H,3,6-8,10H2,1-2H3,(H,16,19)/t12-/m0/s1. The molecule has 0 unspecified atom stereocenters. The number of urea groups is 1. The third-order valence-corrected chi connectivity index (χ3v) is 3.36. The summed E-state index contributed by atoms with van der Waals surface area (Å²) >= 11 is 0. The number of rotatable bonds is 4. The second-order valence-corrected chi connectivity index (χ2v) is 5.14. The van der Waals surface area contributed by atoms with Crippen LogP contribution in [0.4, 0.5) is 10.5 Å². The van der Waals surface area contributed by atoms with Crippen LogP contribution in [0.2, 0.25) is 0 Å². The Labute approximate surface area is 119 Å². The number of nitrogens with zero attached hydrogens (tertiary/aromatic N) is 1. The van der Waals surface area contributed by atoms with Gasteiger partial charge < -0.3 is 20.1 Å². The first-order chi connectivity index (χ1) is 9.60.